The summed E-state index contributed by atoms with van der Waals surface area (Å²) >= 11 is 0. The summed E-state index contributed by atoms with van der Waals surface area (Å²) in [6, 6.07) is 11.0. The van der Waals surface area contributed by atoms with Crippen LogP contribution in [0, 0.1) is 0 Å². The van der Waals surface area contributed by atoms with Crippen molar-refractivity contribution in [3.8, 4) is 0 Å². The lowest BCUT2D eigenvalue weighted by Gasteiger charge is -2.14. The Labute approximate surface area is 125 Å². The fraction of sp³-hybridized carbons (Fsp3) is 0.188. The van der Waals surface area contributed by atoms with Crippen LogP contribution in [0.5, 0.6) is 0 Å². The molecule has 1 amide bonds. The summed E-state index contributed by atoms with van der Waals surface area (Å²) in [6.45, 7) is -1.32. The maximum Gasteiger partial charge on any atom is 0.305 e. The van der Waals surface area contributed by atoms with Crippen LogP contribution in [0.2, 0.25) is 0 Å². The van der Waals surface area contributed by atoms with E-state index in [1.807, 2.05) is 24.3 Å². The smallest absolute Gasteiger partial charge is 0.305 e. The zero-order valence-corrected chi connectivity index (χ0v) is 11.6. The van der Waals surface area contributed by atoms with E-state index in [4.69, 9.17) is 5.11 Å². The maximum atomic E-state index is 12.5. The minimum atomic E-state index is -1.37. The molecule has 2 rings (SSSR count). The van der Waals surface area contributed by atoms with E-state index < -0.39 is 36.8 Å². The number of hydrogen-bond donors (Lipinski definition) is 2. The van der Waals surface area contributed by atoms with Gasteiger partial charge in [-0.1, -0.05) is 30.3 Å². The zero-order chi connectivity index (χ0) is 16.1. The molecule has 0 spiro atoms. The highest BCUT2D eigenvalue weighted by atomic mass is 19.1. The number of benzene rings is 2. The third-order valence-corrected chi connectivity index (χ3v) is 3.22. The van der Waals surface area contributed by atoms with Crippen molar-refractivity contribution < 1.29 is 23.9 Å². The second-order valence-electron chi connectivity index (χ2n) is 4.79. The number of fused-ring (bicyclic) bond motifs is 1. The Hall–Kier alpha value is -2.76. The Kier molecular flexibility index (Phi) is 4.83. The van der Waals surface area contributed by atoms with E-state index >= 15 is 0 Å². The topological polar surface area (TPSA) is 83.5 Å². The summed E-state index contributed by atoms with van der Waals surface area (Å²) in [7, 11) is 0. The molecule has 0 heterocycles. The summed E-state index contributed by atoms with van der Waals surface area (Å²) in [5.74, 6) is -2.86. The van der Waals surface area contributed by atoms with Crippen molar-refractivity contribution >= 4 is 28.4 Å². The van der Waals surface area contributed by atoms with Crippen molar-refractivity contribution in [1.82, 2.24) is 5.32 Å². The molecule has 114 valence electrons. The number of carboxylic acids is 1. The molecule has 0 radical (unpaired) electrons. The molecule has 0 saturated heterocycles. The largest absolute Gasteiger partial charge is 0.481 e. The van der Waals surface area contributed by atoms with Crippen molar-refractivity contribution in [3.63, 3.8) is 0 Å². The van der Waals surface area contributed by atoms with Gasteiger partial charge in [-0.3, -0.25) is 14.4 Å². The fourth-order valence-electron chi connectivity index (χ4n) is 2.09. The molecule has 6 heteroatoms. The van der Waals surface area contributed by atoms with Gasteiger partial charge in [0.25, 0.3) is 5.91 Å². The first-order valence-corrected chi connectivity index (χ1v) is 6.61. The predicted molar refractivity (Wildman–Crippen MR) is 78.4 cm³/mol. The second-order valence-corrected chi connectivity index (χ2v) is 4.79. The van der Waals surface area contributed by atoms with Crippen LogP contribution in [0.3, 0.4) is 0 Å². The van der Waals surface area contributed by atoms with Gasteiger partial charge in [0, 0.05) is 5.56 Å². The van der Waals surface area contributed by atoms with Gasteiger partial charge in [-0.2, -0.15) is 0 Å². The average Bonchev–Trinajstić information content (AvgIpc) is 2.52. The Morgan fingerprint density at radius 3 is 2.41 bits per heavy atom. The second kappa shape index (κ2) is 6.80. The molecule has 0 aliphatic carbocycles. The molecular formula is C16H14FNO4. The summed E-state index contributed by atoms with van der Waals surface area (Å²) < 4.78 is 12.5. The van der Waals surface area contributed by atoms with Crippen LogP contribution in [0.1, 0.15) is 16.8 Å². The van der Waals surface area contributed by atoms with Gasteiger partial charge in [0.15, 0.2) is 5.78 Å². The van der Waals surface area contributed by atoms with Gasteiger partial charge in [0.1, 0.15) is 12.7 Å². The standard InChI is InChI=1S/C16H14FNO4/c17-9-14(19)13(8-15(20)21)18-16(22)12-6-5-10-3-1-2-4-11(10)7-12/h1-7,13H,8-9H2,(H,18,22)(H,20,21). The lowest BCUT2D eigenvalue weighted by atomic mass is 10.1. The Balaban J connectivity index is 2.20. The monoisotopic (exact) mass is 303 g/mol. The van der Waals surface area contributed by atoms with E-state index in [0.29, 0.717) is 0 Å². The van der Waals surface area contributed by atoms with E-state index in [2.05, 4.69) is 5.32 Å². The van der Waals surface area contributed by atoms with Crippen molar-refractivity contribution in [1.29, 1.82) is 0 Å². The number of ketones is 1. The Morgan fingerprint density at radius 1 is 1.09 bits per heavy atom. The minimum Gasteiger partial charge on any atom is -0.481 e. The van der Waals surface area contributed by atoms with Crippen LogP contribution < -0.4 is 5.32 Å². The first kappa shape index (κ1) is 15.6. The van der Waals surface area contributed by atoms with E-state index in [1.165, 1.54) is 0 Å². The van der Waals surface area contributed by atoms with Crippen molar-refractivity contribution in [2.75, 3.05) is 6.67 Å². The van der Waals surface area contributed by atoms with Crippen LogP contribution in [0.25, 0.3) is 10.8 Å². The maximum absolute atomic E-state index is 12.5. The van der Waals surface area contributed by atoms with Crippen molar-refractivity contribution in [2.45, 2.75) is 12.5 Å². The first-order chi connectivity index (χ1) is 10.5. The molecule has 2 aromatic rings. The van der Waals surface area contributed by atoms with E-state index in [1.54, 1.807) is 18.2 Å². The van der Waals surface area contributed by atoms with Gasteiger partial charge >= 0.3 is 5.97 Å². The van der Waals surface area contributed by atoms with Gasteiger partial charge in [0.2, 0.25) is 0 Å². The molecule has 0 aliphatic heterocycles. The highest BCUT2D eigenvalue weighted by Crippen LogP contribution is 2.15. The quantitative estimate of drug-likeness (QED) is 0.854. The minimum absolute atomic E-state index is 0.278. The van der Waals surface area contributed by atoms with Crippen LogP contribution in [0.15, 0.2) is 42.5 Å². The number of halogens is 1. The molecule has 0 fully saturated rings. The lowest BCUT2D eigenvalue weighted by Crippen LogP contribution is -2.43. The molecule has 22 heavy (non-hydrogen) atoms. The van der Waals surface area contributed by atoms with Crippen LogP contribution in [-0.2, 0) is 9.59 Å². The lowest BCUT2D eigenvalue weighted by molar-refractivity contribution is -0.139. The first-order valence-electron chi connectivity index (χ1n) is 6.61. The Morgan fingerprint density at radius 2 is 1.77 bits per heavy atom. The molecular weight excluding hydrogens is 289 g/mol. The SMILES string of the molecule is O=C(O)CC(NC(=O)c1ccc2ccccc2c1)C(=O)CF. The number of hydrogen-bond acceptors (Lipinski definition) is 3. The van der Waals surface area contributed by atoms with E-state index in [9.17, 15) is 18.8 Å². The number of rotatable bonds is 6. The highest BCUT2D eigenvalue weighted by Gasteiger charge is 2.23. The summed E-state index contributed by atoms with van der Waals surface area (Å²) in [5, 5.41) is 12.8. The predicted octanol–water partition coefficient (Wildman–Crippen LogP) is 1.95. The molecule has 0 aliphatic rings. The number of alkyl halides is 1. The van der Waals surface area contributed by atoms with E-state index in [0.717, 1.165) is 10.8 Å². The molecule has 5 nitrogen and oxygen atoms in total. The number of nitrogens with one attached hydrogen (secondary N) is 1. The van der Waals surface area contributed by atoms with Gasteiger partial charge in [-0.05, 0) is 22.9 Å². The van der Waals surface area contributed by atoms with E-state index in [-0.39, 0.29) is 5.56 Å². The van der Waals surface area contributed by atoms with Crippen LogP contribution in [-0.4, -0.2) is 35.5 Å². The molecule has 1 atom stereocenters. The highest BCUT2D eigenvalue weighted by molar-refractivity contribution is 6.01. The van der Waals surface area contributed by atoms with Gasteiger partial charge in [-0.25, -0.2) is 4.39 Å². The molecule has 2 aromatic carbocycles. The number of amides is 1. The molecule has 1 unspecified atom stereocenters. The summed E-state index contributed by atoms with van der Waals surface area (Å²) in [6.07, 6.45) is -0.651. The number of carboxylic acid groups (broad SMARTS) is 1. The third kappa shape index (κ3) is 3.66. The fourth-order valence-corrected chi connectivity index (χ4v) is 2.09. The number of aliphatic carboxylic acids is 1. The van der Waals surface area contributed by atoms with Crippen LogP contribution >= 0.6 is 0 Å². The van der Waals surface area contributed by atoms with Gasteiger partial charge in [0.05, 0.1) is 6.42 Å². The summed E-state index contributed by atoms with van der Waals surface area (Å²) in [4.78, 5) is 34.2. The zero-order valence-electron chi connectivity index (χ0n) is 11.6. The molecule has 0 aromatic heterocycles. The summed E-state index contributed by atoms with van der Waals surface area (Å²) in [5.41, 5.74) is 0.278. The number of carbonyl (C=O) groups is 3. The molecule has 0 bridgehead atoms. The normalized spacial score (nSPS) is 11.9. The third-order valence-electron chi connectivity index (χ3n) is 3.22. The average molecular weight is 303 g/mol. The number of Topliss-reactive ketones (excluding diaryl/α,β-unsaturated/α-hetero) is 1. The Bertz CT molecular complexity index is 729. The van der Waals surface area contributed by atoms with Gasteiger partial charge < -0.3 is 10.4 Å². The molecule has 0 saturated carbocycles. The van der Waals surface area contributed by atoms with Crippen LogP contribution in [0.4, 0.5) is 4.39 Å². The van der Waals surface area contributed by atoms with Gasteiger partial charge in [-0.15, -0.1) is 0 Å². The molecule has 2 N–H and O–H groups in total. The number of carbonyl (C=O) groups excluding carboxylic acids is 2. The van der Waals surface area contributed by atoms with Crippen molar-refractivity contribution in [2.24, 2.45) is 0 Å². The van der Waals surface area contributed by atoms with Crippen molar-refractivity contribution in [3.05, 3.63) is 48.0 Å².